The molecule has 0 spiro atoms. The van der Waals surface area contributed by atoms with Gasteiger partial charge in [0.2, 0.25) is 5.91 Å². The summed E-state index contributed by atoms with van der Waals surface area (Å²) < 4.78 is 0. The lowest BCUT2D eigenvalue weighted by atomic mass is 10.1. The van der Waals surface area contributed by atoms with Crippen LogP contribution in [0.15, 0.2) is 30.5 Å². The topological polar surface area (TPSA) is 42.0 Å². The number of aromatic nitrogens is 1. The molecule has 2 aromatic rings. The van der Waals surface area contributed by atoms with E-state index in [-0.39, 0.29) is 18.3 Å². The predicted molar refractivity (Wildman–Crippen MR) is 72.9 cm³/mol. The number of benzene rings is 1. The highest BCUT2D eigenvalue weighted by Crippen LogP contribution is 2.19. The molecule has 0 aliphatic heterocycles. The van der Waals surface area contributed by atoms with E-state index in [4.69, 9.17) is 11.6 Å². The van der Waals surface area contributed by atoms with E-state index in [9.17, 15) is 4.79 Å². The van der Waals surface area contributed by atoms with E-state index in [0.29, 0.717) is 5.88 Å². The molecule has 17 heavy (non-hydrogen) atoms. The molecule has 1 aromatic heterocycles. The van der Waals surface area contributed by atoms with Crippen molar-refractivity contribution in [3.63, 3.8) is 0 Å². The van der Waals surface area contributed by atoms with Crippen molar-refractivity contribution >= 4 is 46.5 Å². The Morgan fingerprint density at radius 3 is 2.82 bits per heavy atom. The molecule has 1 N–H and O–H groups in total. The van der Waals surface area contributed by atoms with Crippen molar-refractivity contribution < 1.29 is 4.79 Å². The minimum Gasteiger partial charge on any atom is -0.326 e. The molecule has 0 saturated heterocycles. The highest BCUT2D eigenvalue weighted by atomic mass is 35.5. The van der Waals surface area contributed by atoms with Crippen molar-refractivity contribution in [2.45, 2.75) is 12.8 Å². The first kappa shape index (κ1) is 13.7. The van der Waals surface area contributed by atoms with E-state index in [1.54, 1.807) is 6.20 Å². The van der Waals surface area contributed by atoms with Crippen LogP contribution in [0.25, 0.3) is 10.9 Å². The molecular formula is C12H12Cl2N2O. The number of fused-ring (bicyclic) bond motifs is 1. The summed E-state index contributed by atoms with van der Waals surface area (Å²) in [5.41, 5.74) is 2.59. The monoisotopic (exact) mass is 270 g/mol. The smallest absolute Gasteiger partial charge is 0.221 e. The van der Waals surface area contributed by atoms with Crippen LogP contribution in [-0.4, -0.2) is 10.9 Å². The maximum Gasteiger partial charge on any atom is 0.221 e. The first-order valence-electron chi connectivity index (χ1n) is 4.91. The lowest BCUT2D eigenvalue weighted by molar-refractivity contribution is -0.114. The van der Waals surface area contributed by atoms with Gasteiger partial charge in [-0.15, -0.1) is 24.0 Å². The number of alkyl halides is 1. The predicted octanol–water partition coefficient (Wildman–Crippen LogP) is 3.35. The minimum atomic E-state index is -0.0864. The second-order valence-corrected chi connectivity index (χ2v) is 3.83. The highest BCUT2D eigenvalue weighted by Gasteiger charge is 2.00. The van der Waals surface area contributed by atoms with Gasteiger partial charge in [0.25, 0.3) is 0 Å². The summed E-state index contributed by atoms with van der Waals surface area (Å²) in [6, 6.07) is 7.61. The van der Waals surface area contributed by atoms with Crippen LogP contribution in [0.5, 0.6) is 0 Å². The van der Waals surface area contributed by atoms with Crippen LogP contribution >= 0.6 is 24.0 Å². The van der Waals surface area contributed by atoms with E-state index >= 15 is 0 Å². The number of rotatable bonds is 2. The van der Waals surface area contributed by atoms with Gasteiger partial charge in [-0.2, -0.15) is 0 Å². The summed E-state index contributed by atoms with van der Waals surface area (Å²) in [5.74, 6) is 0.368. The van der Waals surface area contributed by atoms with Gasteiger partial charge in [0.1, 0.15) is 0 Å². The van der Waals surface area contributed by atoms with E-state index in [1.807, 2.05) is 24.3 Å². The number of carbonyl (C=O) groups excluding carboxylic acids is 1. The molecule has 0 aliphatic carbocycles. The minimum absolute atomic E-state index is 0. The van der Waals surface area contributed by atoms with Crippen molar-refractivity contribution in [2.24, 2.45) is 0 Å². The second kappa shape index (κ2) is 5.84. The number of anilines is 1. The molecule has 0 bridgehead atoms. The number of hydrogen-bond donors (Lipinski definition) is 1. The summed E-state index contributed by atoms with van der Waals surface area (Å²) in [5, 5.41) is 3.74. The summed E-state index contributed by atoms with van der Waals surface area (Å²) in [6.45, 7) is 1.48. The van der Waals surface area contributed by atoms with E-state index in [0.717, 1.165) is 22.2 Å². The Labute approximate surface area is 111 Å². The molecule has 0 fully saturated rings. The molecule has 1 heterocycles. The fourth-order valence-electron chi connectivity index (χ4n) is 1.52. The van der Waals surface area contributed by atoms with Crippen LogP contribution < -0.4 is 5.32 Å². The first-order chi connectivity index (χ1) is 7.69. The SMILES string of the molecule is CC(=O)Nc1ccc2cc(CCl)cnc2c1.Cl. The molecule has 0 aliphatic rings. The van der Waals surface area contributed by atoms with Gasteiger partial charge in [-0.05, 0) is 23.8 Å². The number of pyridine rings is 1. The lowest BCUT2D eigenvalue weighted by Crippen LogP contribution is -2.05. The Bertz CT molecular complexity index is 543. The zero-order valence-electron chi connectivity index (χ0n) is 9.24. The average Bonchev–Trinajstić information content (AvgIpc) is 2.27. The van der Waals surface area contributed by atoms with Crippen molar-refractivity contribution in [3.8, 4) is 0 Å². The number of amides is 1. The fraction of sp³-hybridized carbons (Fsp3) is 0.167. The number of carbonyl (C=O) groups is 1. The highest BCUT2D eigenvalue weighted by molar-refractivity contribution is 6.17. The van der Waals surface area contributed by atoms with Crippen LogP contribution in [0.3, 0.4) is 0 Å². The number of halogens is 2. The normalized spacial score (nSPS) is 9.76. The Hall–Kier alpha value is -1.32. The van der Waals surface area contributed by atoms with Gasteiger partial charge in [-0.3, -0.25) is 9.78 Å². The largest absolute Gasteiger partial charge is 0.326 e. The number of hydrogen-bond acceptors (Lipinski definition) is 2. The van der Waals surface area contributed by atoms with Gasteiger partial charge < -0.3 is 5.32 Å². The maximum atomic E-state index is 10.9. The van der Waals surface area contributed by atoms with Crippen LogP contribution in [0.1, 0.15) is 12.5 Å². The molecule has 0 saturated carbocycles. The second-order valence-electron chi connectivity index (χ2n) is 3.57. The Morgan fingerprint density at radius 2 is 2.18 bits per heavy atom. The van der Waals surface area contributed by atoms with E-state index in [2.05, 4.69) is 10.3 Å². The quantitative estimate of drug-likeness (QED) is 0.851. The van der Waals surface area contributed by atoms with Crippen molar-refractivity contribution in [2.75, 3.05) is 5.32 Å². The lowest BCUT2D eigenvalue weighted by Gasteiger charge is -2.04. The molecule has 90 valence electrons. The summed E-state index contributed by atoms with van der Waals surface area (Å²) in [6.07, 6.45) is 1.74. The Kier molecular flexibility index (Phi) is 4.73. The summed E-state index contributed by atoms with van der Waals surface area (Å²) in [7, 11) is 0. The van der Waals surface area contributed by atoms with E-state index in [1.165, 1.54) is 6.92 Å². The van der Waals surface area contributed by atoms with Gasteiger partial charge in [-0.1, -0.05) is 6.07 Å². The van der Waals surface area contributed by atoms with Gasteiger partial charge >= 0.3 is 0 Å². The third-order valence-electron chi connectivity index (χ3n) is 2.22. The van der Waals surface area contributed by atoms with E-state index < -0.39 is 0 Å². The van der Waals surface area contributed by atoms with Crippen LogP contribution in [0.4, 0.5) is 5.69 Å². The van der Waals surface area contributed by atoms with Gasteiger partial charge in [0, 0.05) is 30.1 Å². The van der Waals surface area contributed by atoms with Gasteiger partial charge in [-0.25, -0.2) is 0 Å². The maximum absolute atomic E-state index is 10.9. The third kappa shape index (κ3) is 3.32. The third-order valence-corrected chi connectivity index (χ3v) is 2.52. The number of nitrogens with zero attached hydrogens (tertiary/aromatic N) is 1. The standard InChI is InChI=1S/C12H11ClN2O.ClH/c1-8(16)15-11-3-2-10-4-9(6-13)7-14-12(10)5-11;/h2-5,7H,6H2,1H3,(H,15,16);1H. The molecule has 0 atom stereocenters. The zero-order valence-corrected chi connectivity index (χ0v) is 10.8. The van der Waals surface area contributed by atoms with Crippen molar-refractivity contribution in [3.05, 3.63) is 36.0 Å². The van der Waals surface area contributed by atoms with Crippen LogP contribution in [0.2, 0.25) is 0 Å². The molecule has 0 radical (unpaired) electrons. The van der Waals surface area contributed by atoms with Gasteiger partial charge in [0.05, 0.1) is 5.52 Å². The molecule has 0 unspecified atom stereocenters. The summed E-state index contributed by atoms with van der Waals surface area (Å²) >= 11 is 5.73. The zero-order chi connectivity index (χ0) is 11.5. The fourth-order valence-corrected chi connectivity index (χ4v) is 1.67. The molecule has 2 rings (SSSR count). The van der Waals surface area contributed by atoms with Crippen LogP contribution in [0, 0.1) is 0 Å². The van der Waals surface area contributed by atoms with Gasteiger partial charge in [0.15, 0.2) is 0 Å². The molecule has 1 amide bonds. The number of nitrogens with one attached hydrogen (secondary N) is 1. The van der Waals surface area contributed by atoms with Crippen LogP contribution in [-0.2, 0) is 10.7 Å². The first-order valence-corrected chi connectivity index (χ1v) is 5.45. The Balaban J connectivity index is 0.00000144. The molecular weight excluding hydrogens is 259 g/mol. The van der Waals surface area contributed by atoms with Crippen molar-refractivity contribution in [1.29, 1.82) is 0 Å². The molecule has 1 aromatic carbocycles. The van der Waals surface area contributed by atoms with Crippen molar-refractivity contribution in [1.82, 2.24) is 4.98 Å². The Morgan fingerprint density at radius 1 is 1.41 bits per heavy atom. The average molecular weight is 271 g/mol. The summed E-state index contributed by atoms with van der Waals surface area (Å²) in [4.78, 5) is 15.2. The molecule has 5 heteroatoms. The molecule has 3 nitrogen and oxygen atoms in total.